The van der Waals surface area contributed by atoms with Crippen molar-refractivity contribution in [1.82, 2.24) is 10.4 Å². The van der Waals surface area contributed by atoms with Crippen LogP contribution in [0.5, 0.6) is 0 Å². The summed E-state index contributed by atoms with van der Waals surface area (Å²) >= 11 is 0. The number of nitrogen functional groups attached to an aromatic ring is 1. The van der Waals surface area contributed by atoms with E-state index in [9.17, 15) is 13.2 Å². The second kappa shape index (κ2) is 6.40. The minimum atomic E-state index is -4.44. The molecular formula is C18H19F3N4. The molecule has 0 aromatic heterocycles. The molecule has 0 fully saturated rings. The van der Waals surface area contributed by atoms with Gasteiger partial charge in [0, 0.05) is 24.8 Å². The van der Waals surface area contributed by atoms with Gasteiger partial charge in [-0.05, 0) is 36.2 Å². The Kier molecular flexibility index (Phi) is 4.43. The molecule has 0 bridgehead atoms. The standard InChI is InChI=1S/C18H19F3N4/c1-11(13-7-14(18(19,20)21)9-15(22)8-13)23-17-16-6-4-3-5-12(16)10-25(2)24-17/h3-9,11H,10,22H2,1-2H3,(H,23,24). The Morgan fingerprint density at radius 1 is 1.20 bits per heavy atom. The highest BCUT2D eigenvalue weighted by Crippen LogP contribution is 2.33. The number of nitrogens with one attached hydrogen (secondary N) is 1. The number of alkyl halides is 3. The van der Waals surface area contributed by atoms with Crippen LogP contribution in [0.4, 0.5) is 18.9 Å². The molecule has 1 heterocycles. The van der Waals surface area contributed by atoms with Crippen LogP contribution in [0.15, 0.2) is 47.5 Å². The van der Waals surface area contributed by atoms with Crippen molar-refractivity contribution in [1.29, 1.82) is 0 Å². The number of aliphatic imine (C=N–C) groups is 1. The highest BCUT2D eigenvalue weighted by molar-refractivity contribution is 6.00. The normalized spacial score (nSPS) is 17.9. The lowest BCUT2D eigenvalue weighted by atomic mass is 10.0. The van der Waals surface area contributed by atoms with Gasteiger partial charge in [-0.25, -0.2) is 5.01 Å². The summed E-state index contributed by atoms with van der Waals surface area (Å²) in [4.78, 5) is 4.60. The molecule has 1 unspecified atom stereocenters. The third kappa shape index (κ3) is 3.76. The first-order valence-electron chi connectivity index (χ1n) is 7.85. The molecule has 2 aromatic carbocycles. The molecule has 0 spiro atoms. The zero-order chi connectivity index (χ0) is 18.2. The Bertz CT molecular complexity index is 814. The summed E-state index contributed by atoms with van der Waals surface area (Å²) in [5.74, 6) is 0.632. The lowest BCUT2D eigenvalue weighted by Crippen LogP contribution is -2.44. The van der Waals surface area contributed by atoms with Crippen LogP contribution in [-0.2, 0) is 12.7 Å². The van der Waals surface area contributed by atoms with Gasteiger partial charge in [-0.3, -0.25) is 4.99 Å². The molecule has 3 rings (SSSR count). The van der Waals surface area contributed by atoms with E-state index in [2.05, 4.69) is 10.4 Å². The minimum Gasteiger partial charge on any atom is -0.399 e. The smallest absolute Gasteiger partial charge is 0.399 e. The number of nitrogens with two attached hydrogens (primary N) is 1. The van der Waals surface area contributed by atoms with Gasteiger partial charge in [0.25, 0.3) is 0 Å². The summed E-state index contributed by atoms with van der Waals surface area (Å²) in [5, 5.41) is 1.88. The van der Waals surface area contributed by atoms with E-state index in [4.69, 9.17) is 5.73 Å². The van der Waals surface area contributed by atoms with Crippen LogP contribution in [0.3, 0.4) is 0 Å². The molecule has 2 aromatic rings. The van der Waals surface area contributed by atoms with Crippen molar-refractivity contribution in [2.75, 3.05) is 12.8 Å². The number of nitrogens with zero attached hydrogens (tertiary/aromatic N) is 2. The molecule has 132 valence electrons. The maximum atomic E-state index is 13.0. The van der Waals surface area contributed by atoms with Crippen LogP contribution >= 0.6 is 0 Å². The molecule has 0 amide bonds. The van der Waals surface area contributed by atoms with E-state index in [0.29, 0.717) is 11.4 Å². The van der Waals surface area contributed by atoms with Gasteiger partial charge in [0.2, 0.25) is 0 Å². The van der Waals surface area contributed by atoms with Gasteiger partial charge in [-0.1, -0.05) is 24.3 Å². The number of hydrogen-bond donors (Lipinski definition) is 2. The average Bonchev–Trinajstić information content (AvgIpc) is 2.53. The summed E-state index contributed by atoms with van der Waals surface area (Å²) in [7, 11) is 1.89. The quantitative estimate of drug-likeness (QED) is 0.813. The summed E-state index contributed by atoms with van der Waals surface area (Å²) in [5.41, 5.74) is 10.6. The first kappa shape index (κ1) is 17.3. The van der Waals surface area contributed by atoms with E-state index in [-0.39, 0.29) is 5.69 Å². The minimum absolute atomic E-state index is 0.0750. The van der Waals surface area contributed by atoms with Crippen molar-refractivity contribution < 1.29 is 13.2 Å². The Balaban J connectivity index is 1.98. The van der Waals surface area contributed by atoms with Gasteiger partial charge >= 0.3 is 6.18 Å². The third-order valence-electron chi connectivity index (χ3n) is 4.09. The number of fused-ring (bicyclic) bond motifs is 1. The van der Waals surface area contributed by atoms with Gasteiger partial charge in [0.1, 0.15) is 5.84 Å². The summed E-state index contributed by atoms with van der Waals surface area (Å²) < 4.78 is 39.0. The molecule has 3 N–H and O–H groups in total. The van der Waals surface area contributed by atoms with Crippen molar-refractivity contribution in [3.05, 3.63) is 64.7 Å². The Morgan fingerprint density at radius 3 is 2.64 bits per heavy atom. The van der Waals surface area contributed by atoms with Crippen molar-refractivity contribution in [2.45, 2.75) is 25.7 Å². The van der Waals surface area contributed by atoms with Crippen LogP contribution in [-0.4, -0.2) is 17.9 Å². The van der Waals surface area contributed by atoms with Crippen LogP contribution in [0, 0.1) is 0 Å². The fourth-order valence-electron chi connectivity index (χ4n) is 2.87. The number of hydrazine groups is 1. The molecule has 0 radical (unpaired) electrons. The lowest BCUT2D eigenvalue weighted by molar-refractivity contribution is -0.137. The Morgan fingerprint density at radius 2 is 1.92 bits per heavy atom. The number of amidine groups is 1. The molecule has 4 nitrogen and oxygen atoms in total. The fraction of sp³-hybridized carbons (Fsp3) is 0.278. The largest absolute Gasteiger partial charge is 0.416 e. The van der Waals surface area contributed by atoms with E-state index in [1.807, 2.05) is 36.3 Å². The van der Waals surface area contributed by atoms with Gasteiger partial charge in [-0.15, -0.1) is 0 Å². The maximum Gasteiger partial charge on any atom is 0.416 e. The maximum absolute atomic E-state index is 13.0. The fourth-order valence-corrected chi connectivity index (χ4v) is 2.87. The topological polar surface area (TPSA) is 53.7 Å². The second-order valence-corrected chi connectivity index (χ2v) is 6.16. The number of hydrogen-bond acceptors (Lipinski definition) is 3. The Labute approximate surface area is 144 Å². The van der Waals surface area contributed by atoms with E-state index < -0.39 is 17.8 Å². The monoisotopic (exact) mass is 348 g/mol. The highest BCUT2D eigenvalue weighted by Gasteiger charge is 2.31. The highest BCUT2D eigenvalue weighted by atomic mass is 19.4. The van der Waals surface area contributed by atoms with Crippen molar-refractivity contribution in [3.8, 4) is 0 Å². The molecule has 0 saturated carbocycles. The number of halogens is 3. The van der Waals surface area contributed by atoms with Gasteiger partial charge in [0.05, 0.1) is 11.6 Å². The summed E-state index contributed by atoms with van der Waals surface area (Å²) in [6.07, 6.45) is -4.44. The molecule has 0 aliphatic carbocycles. The molecule has 1 aliphatic heterocycles. The first-order valence-corrected chi connectivity index (χ1v) is 7.85. The van der Waals surface area contributed by atoms with Crippen molar-refractivity contribution in [2.24, 2.45) is 4.99 Å². The molecule has 25 heavy (non-hydrogen) atoms. The van der Waals surface area contributed by atoms with E-state index in [1.165, 1.54) is 6.07 Å². The summed E-state index contributed by atoms with van der Waals surface area (Å²) in [6.45, 7) is 2.47. The Hall–Kier alpha value is -2.54. The molecular weight excluding hydrogens is 329 g/mol. The second-order valence-electron chi connectivity index (χ2n) is 6.16. The predicted molar refractivity (Wildman–Crippen MR) is 91.9 cm³/mol. The van der Waals surface area contributed by atoms with Crippen LogP contribution in [0.2, 0.25) is 0 Å². The molecule has 1 atom stereocenters. The van der Waals surface area contributed by atoms with E-state index in [1.54, 1.807) is 6.92 Å². The van der Waals surface area contributed by atoms with Crippen molar-refractivity contribution in [3.63, 3.8) is 0 Å². The van der Waals surface area contributed by atoms with Crippen molar-refractivity contribution >= 4 is 11.5 Å². The zero-order valence-corrected chi connectivity index (χ0v) is 13.9. The van der Waals surface area contributed by atoms with Crippen LogP contribution < -0.4 is 11.2 Å². The van der Waals surface area contributed by atoms with E-state index >= 15 is 0 Å². The summed E-state index contributed by atoms with van der Waals surface area (Å²) in [6, 6.07) is 10.9. The van der Waals surface area contributed by atoms with Crippen LogP contribution in [0.25, 0.3) is 0 Å². The average molecular weight is 348 g/mol. The molecule has 7 heteroatoms. The zero-order valence-electron chi connectivity index (χ0n) is 13.9. The lowest BCUT2D eigenvalue weighted by Gasteiger charge is -2.29. The number of rotatable bonds is 2. The molecule has 1 aliphatic rings. The number of benzene rings is 2. The first-order chi connectivity index (χ1) is 11.7. The predicted octanol–water partition coefficient (Wildman–Crippen LogP) is 3.75. The van der Waals surface area contributed by atoms with Crippen LogP contribution in [0.1, 0.15) is 35.2 Å². The SMILES string of the molecule is CC(N=C1NN(C)Cc2ccccc21)c1cc(N)cc(C(F)(F)F)c1. The van der Waals surface area contributed by atoms with E-state index in [0.717, 1.165) is 29.8 Å². The van der Waals surface area contributed by atoms with Gasteiger partial charge < -0.3 is 11.2 Å². The van der Waals surface area contributed by atoms with Gasteiger partial charge in [-0.2, -0.15) is 13.2 Å². The number of anilines is 1. The van der Waals surface area contributed by atoms with Gasteiger partial charge in [0.15, 0.2) is 0 Å². The molecule has 0 saturated heterocycles. The third-order valence-corrected chi connectivity index (χ3v) is 4.09.